The first-order valence-corrected chi connectivity index (χ1v) is 14.4. The summed E-state index contributed by atoms with van der Waals surface area (Å²) < 4.78 is 19.2. The number of hydrogen-bond donors (Lipinski definition) is 2. The average Bonchev–Trinajstić information content (AvgIpc) is 3.40. The van der Waals surface area contributed by atoms with Crippen LogP contribution in [0.15, 0.2) is 54.7 Å². The fourth-order valence-electron chi connectivity index (χ4n) is 5.77. The maximum Gasteiger partial charge on any atom is 0.308 e. The summed E-state index contributed by atoms with van der Waals surface area (Å²) in [6, 6.07) is 13.0. The molecule has 9 nitrogen and oxygen atoms in total. The molecule has 1 saturated heterocycles. The number of ether oxygens (including phenoxy) is 1. The molecule has 5 rings (SSSR count). The van der Waals surface area contributed by atoms with Gasteiger partial charge in [-0.1, -0.05) is 41.9 Å². The van der Waals surface area contributed by atoms with Gasteiger partial charge in [-0.05, 0) is 54.8 Å². The molecule has 0 bridgehead atoms. The van der Waals surface area contributed by atoms with E-state index in [1.54, 1.807) is 24.4 Å². The predicted molar refractivity (Wildman–Crippen MR) is 156 cm³/mol. The van der Waals surface area contributed by atoms with E-state index in [0.717, 1.165) is 5.39 Å². The first kappa shape index (κ1) is 29.4. The number of benzene rings is 2. The van der Waals surface area contributed by atoms with Gasteiger partial charge in [0.1, 0.15) is 17.9 Å². The molecule has 2 heterocycles. The minimum Gasteiger partial charge on any atom is -0.469 e. The summed E-state index contributed by atoms with van der Waals surface area (Å²) in [5.41, 5.74) is 1.18. The van der Waals surface area contributed by atoms with Gasteiger partial charge in [0.25, 0.3) is 5.91 Å². The number of aromatic nitrogens is 1. The molecule has 3 amide bonds. The van der Waals surface area contributed by atoms with Gasteiger partial charge >= 0.3 is 5.97 Å². The van der Waals surface area contributed by atoms with E-state index in [2.05, 4.69) is 15.6 Å². The summed E-state index contributed by atoms with van der Waals surface area (Å²) in [4.78, 5) is 56.5. The molecule has 2 fully saturated rings. The quantitative estimate of drug-likeness (QED) is 0.390. The van der Waals surface area contributed by atoms with Gasteiger partial charge in [0.05, 0.1) is 36.7 Å². The Bertz CT molecular complexity index is 1500. The number of anilines is 1. The van der Waals surface area contributed by atoms with Crippen LogP contribution in [0.1, 0.15) is 48.2 Å². The van der Waals surface area contributed by atoms with Crippen molar-refractivity contribution in [2.45, 2.75) is 56.8 Å². The number of nitrogens with one attached hydrogen (secondary N) is 2. The summed E-state index contributed by atoms with van der Waals surface area (Å²) >= 11 is 6.46. The van der Waals surface area contributed by atoms with Crippen LogP contribution in [-0.2, 0) is 25.5 Å². The maximum atomic E-state index is 14.4. The van der Waals surface area contributed by atoms with Gasteiger partial charge in [-0.3, -0.25) is 24.2 Å². The minimum absolute atomic E-state index is 0.0665. The third-order valence-electron chi connectivity index (χ3n) is 8.01. The fourth-order valence-corrected chi connectivity index (χ4v) is 6.02. The number of nitrogens with zero attached hydrogens (tertiary/aromatic N) is 2. The van der Waals surface area contributed by atoms with Crippen LogP contribution in [0.4, 0.5) is 10.1 Å². The number of carbonyl (C=O) groups excluding carboxylic acids is 4. The normalized spacial score (nSPS) is 22.0. The topological polar surface area (TPSA) is 118 Å². The molecule has 0 spiro atoms. The molecule has 2 aromatic carbocycles. The predicted octanol–water partition coefficient (Wildman–Crippen LogP) is 4.47. The highest BCUT2D eigenvalue weighted by Crippen LogP contribution is 2.28. The van der Waals surface area contributed by atoms with E-state index in [9.17, 15) is 23.6 Å². The van der Waals surface area contributed by atoms with Crippen LogP contribution in [0, 0.1) is 5.92 Å². The highest BCUT2D eigenvalue weighted by molar-refractivity contribution is 6.34. The highest BCUT2D eigenvalue weighted by atomic mass is 35.5. The Kier molecular flexibility index (Phi) is 9.01. The van der Waals surface area contributed by atoms with Crippen LogP contribution < -0.4 is 10.6 Å². The van der Waals surface area contributed by atoms with E-state index in [1.807, 2.05) is 30.3 Å². The van der Waals surface area contributed by atoms with E-state index in [1.165, 1.54) is 12.0 Å². The molecule has 1 saturated carbocycles. The van der Waals surface area contributed by atoms with E-state index in [4.69, 9.17) is 16.3 Å². The summed E-state index contributed by atoms with van der Waals surface area (Å²) in [5.74, 6) is -1.62. The van der Waals surface area contributed by atoms with Crippen LogP contribution in [0.5, 0.6) is 0 Å². The van der Waals surface area contributed by atoms with Crippen molar-refractivity contribution >= 4 is 51.8 Å². The van der Waals surface area contributed by atoms with Crippen molar-refractivity contribution in [2.75, 3.05) is 19.0 Å². The van der Waals surface area contributed by atoms with Crippen LogP contribution >= 0.6 is 11.6 Å². The molecule has 0 radical (unpaired) electrons. The van der Waals surface area contributed by atoms with Gasteiger partial charge in [-0.2, -0.15) is 0 Å². The Morgan fingerprint density at radius 1 is 1.07 bits per heavy atom. The summed E-state index contributed by atoms with van der Waals surface area (Å²) in [5, 5.41) is 7.55. The van der Waals surface area contributed by atoms with E-state index in [-0.39, 0.29) is 53.9 Å². The molecule has 42 heavy (non-hydrogen) atoms. The summed E-state index contributed by atoms with van der Waals surface area (Å²) in [6.07, 6.45) is 2.55. The Hall–Kier alpha value is -4.05. The number of halogens is 2. The number of alkyl halides is 1. The Labute approximate surface area is 247 Å². The third kappa shape index (κ3) is 6.54. The van der Waals surface area contributed by atoms with Gasteiger partial charge in [0, 0.05) is 24.0 Å². The van der Waals surface area contributed by atoms with Gasteiger partial charge in [-0.15, -0.1) is 0 Å². The second kappa shape index (κ2) is 12.9. The Morgan fingerprint density at radius 3 is 2.57 bits per heavy atom. The number of carbonyl (C=O) groups is 4. The first-order valence-electron chi connectivity index (χ1n) is 14.0. The summed E-state index contributed by atoms with van der Waals surface area (Å²) in [6.45, 7) is -0.161. The van der Waals surface area contributed by atoms with Gasteiger partial charge < -0.3 is 20.3 Å². The standard InChI is InChI=1S/C31H32ClFN4O5/c1-42-31(41)20-7-9-22(10-8-20)35-29(39)26-16-21(33)17-37(26)27(38)15-18-6-11-25(24(32)14-18)36-30(40)28-23-5-3-2-4-19(23)12-13-34-28/h2-6,11-14,20-22,26H,7-10,15-17H2,1H3,(H,35,39)(H,36,40)/t20?,21-,22?,26-/m0/s1. The van der Waals surface area contributed by atoms with Crippen molar-refractivity contribution in [2.24, 2.45) is 5.92 Å². The monoisotopic (exact) mass is 594 g/mol. The zero-order valence-electron chi connectivity index (χ0n) is 23.1. The maximum absolute atomic E-state index is 14.4. The zero-order chi connectivity index (χ0) is 29.8. The first-order chi connectivity index (χ1) is 20.2. The molecule has 3 aromatic rings. The summed E-state index contributed by atoms with van der Waals surface area (Å²) in [7, 11) is 1.36. The van der Waals surface area contributed by atoms with E-state index in [0.29, 0.717) is 42.3 Å². The number of pyridine rings is 1. The lowest BCUT2D eigenvalue weighted by Crippen LogP contribution is -2.50. The molecule has 11 heteroatoms. The zero-order valence-corrected chi connectivity index (χ0v) is 23.9. The Balaban J connectivity index is 1.20. The lowest BCUT2D eigenvalue weighted by molar-refractivity contribution is -0.146. The average molecular weight is 595 g/mol. The van der Waals surface area contributed by atoms with Crippen LogP contribution in [0.2, 0.25) is 5.02 Å². The van der Waals surface area contributed by atoms with Crippen molar-refractivity contribution in [3.05, 3.63) is 71.0 Å². The van der Waals surface area contributed by atoms with Gasteiger partial charge in [0.2, 0.25) is 11.8 Å². The van der Waals surface area contributed by atoms with Crippen molar-refractivity contribution in [1.29, 1.82) is 0 Å². The van der Waals surface area contributed by atoms with E-state index < -0.39 is 24.0 Å². The minimum atomic E-state index is -1.30. The highest BCUT2D eigenvalue weighted by Gasteiger charge is 2.40. The van der Waals surface area contributed by atoms with Crippen molar-refractivity contribution in [1.82, 2.24) is 15.2 Å². The number of fused-ring (bicyclic) bond motifs is 1. The number of esters is 1. The lowest BCUT2D eigenvalue weighted by atomic mass is 9.86. The third-order valence-corrected chi connectivity index (χ3v) is 8.32. The molecule has 1 aliphatic carbocycles. The molecular formula is C31H32ClFN4O5. The number of likely N-dealkylation sites (tertiary alicyclic amines) is 1. The molecule has 2 aliphatic rings. The van der Waals surface area contributed by atoms with E-state index >= 15 is 0 Å². The molecule has 1 aromatic heterocycles. The number of methoxy groups -OCH3 is 1. The largest absolute Gasteiger partial charge is 0.469 e. The van der Waals surface area contributed by atoms with Crippen LogP contribution in [0.3, 0.4) is 0 Å². The van der Waals surface area contributed by atoms with Crippen LogP contribution in [0.25, 0.3) is 10.8 Å². The molecule has 2 atom stereocenters. The number of amides is 3. The number of hydrogen-bond acceptors (Lipinski definition) is 6. The molecule has 2 N–H and O–H groups in total. The fraction of sp³-hybridized carbons (Fsp3) is 0.387. The second-order valence-electron chi connectivity index (χ2n) is 10.8. The second-order valence-corrected chi connectivity index (χ2v) is 11.2. The SMILES string of the molecule is COC(=O)C1CCC(NC(=O)[C@@H]2C[C@H](F)CN2C(=O)Cc2ccc(NC(=O)c3nccc4ccccc34)c(Cl)c2)CC1. The van der Waals surface area contributed by atoms with Crippen molar-refractivity contribution in [3.8, 4) is 0 Å². The van der Waals surface area contributed by atoms with Crippen molar-refractivity contribution in [3.63, 3.8) is 0 Å². The Morgan fingerprint density at radius 2 is 1.83 bits per heavy atom. The molecule has 0 unspecified atom stereocenters. The van der Waals surface area contributed by atoms with Crippen molar-refractivity contribution < 1.29 is 28.3 Å². The molecule has 1 aliphatic heterocycles. The molecule has 220 valence electrons. The van der Waals surface area contributed by atoms with Gasteiger partial charge in [0.15, 0.2) is 0 Å². The van der Waals surface area contributed by atoms with Crippen LogP contribution in [-0.4, -0.2) is 65.5 Å². The molecular weight excluding hydrogens is 563 g/mol. The smallest absolute Gasteiger partial charge is 0.308 e. The van der Waals surface area contributed by atoms with Gasteiger partial charge in [-0.25, -0.2) is 4.39 Å². The lowest BCUT2D eigenvalue weighted by Gasteiger charge is -2.30. The number of rotatable bonds is 7.